The Hall–Kier alpha value is -2.13. The van der Waals surface area contributed by atoms with E-state index in [2.05, 4.69) is 10.6 Å². The Labute approximate surface area is 161 Å². The summed E-state index contributed by atoms with van der Waals surface area (Å²) in [6.07, 6.45) is 1.18. The maximum Gasteiger partial charge on any atom is 0.251 e. The van der Waals surface area contributed by atoms with Gasteiger partial charge < -0.3 is 15.5 Å². The Balaban J connectivity index is 1.83. The molecule has 1 aliphatic rings. The van der Waals surface area contributed by atoms with E-state index >= 15 is 0 Å². The highest BCUT2D eigenvalue weighted by molar-refractivity contribution is 7.88. The van der Waals surface area contributed by atoms with Crippen molar-refractivity contribution >= 4 is 27.5 Å². The molecule has 2 N–H and O–H groups in total. The van der Waals surface area contributed by atoms with Crippen molar-refractivity contribution in [2.24, 2.45) is 0 Å². The van der Waals surface area contributed by atoms with Gasteiger partial charge in [-0.1, -0.05) is 0 Å². The Morgan fingerprint density at radius 3 is 2.07 bits per heavy atom. The third-order valence-corrected chi connectivity index (χ3v) is 5.44. The number of hydrogen-bond donors (Lipinski definition) is 2. The molecule has 9 heteroatoms. The summed E-state index contributed by atoms with van der Waals surface area (Å²) in [7, 11) is -3.21. The molecule has 0 saturated carbocycles. The topological polar surface area (TPSA) is 98.8 Å². The summed E-state index contributed by atoms with van der Waals surface area (Å²) in [5, 5.41) is 5.94. The summed E-state index contributed by atoms with van der Waals surface area (Å²) < 4.78 is 24.4. The van der Waals surface area contributed by atoms with Crippen molar-refractivity contribution in [3.05, 3.63) is 29.8 Å². The van der Waals surface area contributed by atoms with Crippen LogP contribution < -0.4 is 10.6 Å². The van der Waals surface area contributed by atoms with Crippen molar-refractivity contribution in [2.45, 2.75) is 26.3 Å². The molecule has 0 atom stereocenters. The molecule has 0 unspecified atom stereocenters. The highest BCUT2D eigenvalue weighted by Gasteiger charge is 2.25. The number of sulfonamides is 1. The van der Waals surface area contributed by atoms with Crippen LogP contribution in [0.2, 0.25) is 0 Å². The molecular weight excluding hydrogens is 368 g/mol. The Kier molecular flexibility index (Phi) is 6.48. The van der Waals surface area contributed by atoms with Crippen LogP contribution in [-0.4, -0.2) is 74.0 Å². The lowest BCUT2D eigenvalue weighted by Gasteiger charge is -2.33. The first-order chi connectivity index (χ1) is 12.5. The average Bonchev–Trinajstić information content (AvgIpc) is 2.58. The molecule has 0 spiro atoms. The third-order valence-electron chi connectivity index (χ3n) is 4.14. The van der Waals surface area contributed by atoms with Crippen molar-refractivity contribution in [3.8, 4) is 0 Å². The van der Waals surface area contributed by atoms with Crippen LogP contribution in [0.4, 0.5) is 5.69 Å². The monoisotopic (exact) mass is 396 g/mol. The second kappa shape index (κ2) is 8.26. The van der Waals surface area contributed by atoms with Crippen molar-refractivity contribution in [3.63, 3.8) is 0 Å². The first kappa shape index (κ1) is 21.2. The summed E-state index contributed by atoms with van der Waals surface area (Å²) in [6.45, 7) is 7.29. The predicted octanol–water partition coefficient (Wildman–Crippen LogP) is 0.731. The number of rotatable bonds is 5. The van der Waals surface area contributed by atoms with Crippen molar-refractivity contribution in [1.29, 1.82) is 0 Å². The Morgan fingerprint density at radius 1 is 1.04 bits per heavy atom. The summed E-state index contributed by atoms with van der Waals surface area (Å²) >= 11 is 0. The van der Waals surface area contributed by atoms with Gasteiger partial charge >= 0.3 is 0 Å². The molecule has 1 aliphatic heterocycles. The number of carbonyl (C=O) groups excluding carboxylic acids is 2. The molecule has 1 fully saturated rings. The number of nitrogens with one attached hydrogen (secondary N) is 2. The molecule has 2 rings (SSSR count). The molecule has 27 heavy (non-hydrogen) atoms. The summed E-state index contributed by atoms with van der Waals surface area (Å²) in [5.74, 6) is -0.230. The molecule has 0 aliphatic carbocycles. The van der Waals surface area contributed by atoms with E-state index in [9.17, 15) is 18.0 Å². The van der Waals surface area contributed by atoms with Gasteiger partial charge in [-0.3, -0.25) is 9.59 Å². The van der Waals surface area contributed by atoms with Gasteiger partial charge in [0.1, 0.15) is 0 Å². The van der Waals surface area contributed by atoms with Crippen LogP contribution in [0, 0.1) is 0 Å². The summed E-state index contributed by atoms with van der Waals surface area (Å²) in [6, 6.07) is 6.93. The van der Waals surface area contributed by atoms with Crippen molar-refractivity contribution < 1.29 is 18.0 Å². The minimum atomic E-state index is -3.21. The van der Waals surface area contributed by atoms with Crippen LogP contribution in [0.3, 0.4) is 0 Å². The fraction of sp³-hybridized carbons (Fsp3) is 0.556. The van der Waals surface area contributed by atoms with E-state index in [-0.39, 0.29) is 23.9 Å². The van der Waals surface area contributed by atoms with E-state index in [1.165, 1.54) is 10.6 Å². The number of nitrogens with zero attached hydrogens (tertiary/aromatic N) is 2. The second-order valence-electron chi connectivity index (χ2n) is 7.68. The average molecular weight is 397 g/mol. The van der Waals surface area contributed by atoms with Gasteiger partial charge in [-0.05, 0) is 45.0 Å². The predicted molar refractivity (Wildman–Crippen MR) is 105 cm³/mol. The molecule has 0 bridgehead atoms. The quantitative estimate of drug-likeness (QED) is 0.765. The molecule has 1 saturated heterocycles. The molecule has 0 radical (unpaired) electrons. The molecule has 2 amide bonds. The first-order valence-corrected chi connectivity index (χ1v) is 10.7. The summed E-state index contributed by atoms with van der Waals surface area (Å²) in [4.78, 5) is 26.0. The molecule has 1 aromatic carbocycles. The van der Waals surface area contributed by atoms with E-state index in [1.54, 1.807) is 29.2 Å². The van der Waals surface area contributed by atoms with Gasteiger partial charge in [-0.15, -0.1) is 0 Å². The van der Waals surface area contributed by atoms with Crippen LogP contribution in [-0.2, 0) is 14.8 Å². The van der Waals surface area contributed by atoms with Crippen LogP contribution in [0.1, 0.15) is 31.1 Å². The van der Waals surface area contributed by atoms with Gasteiger partial charge in [-0.2, -0.15) is 4.31 Å². The molecule has 1 heterocycles. The number of benzene rings is 1. The maximum atomic E-state index is 12.3. The molecule has 8 nitrogen and oxygen atoms in total. The zero-order chi connectivity index (χ0) is 20.2. The van der Waals surface area contributed by atoms with E-state index in [4.69, 9.17) is 0 Å². The van der Waals surface area contributed by atoms with Crippen LogP contribution >= 0.6 is 0 Å². The van der Waals surface area contributed by atoms with E-state index in [0.29, 0.717) is 31.7 Å². The lowest BCUT2D eigenvalue weighted by molar-refractivity contribution is -0.130. The zero-order valence-corrected chi connectivity index (χ0v) is 17.1. The van der Waals surface area contributed by atoms with Gasteiger partial charge in [0.2, 0.25) is 15.9 Å². The Bertz CT molecular complexity index is 777. The van der Waals surface area contributed by atoms with Gasteiger partial charge in [0.25, 0.3) is 5.91 Å². The molecule has 1 aromatic rings. The van der Waals surface area contributed by atoms with Crippen molar-refractivity contribution in [1.82, 2.24) is 14.5 Å². The lowest BCUT2D eigenvalue weighted by atomic mass is 10.1. The Morgan fingerprint density at radius 2 is 1.59 bits per heavy atom. The van der Waals surface area contributed by atoms with Gasteiger partial charge in [0, 0.05) is 43.0 Å². The first-order valence-electron chi connectivity index (χ1n) is 8.85. The minimum Gasteiger partial charge on any atom is -0.376 e. The third kappa shape index (κ3) is 6.51. The van der Waals surface area contributed by atoms with E-state index < -0.39 is 10.0 Å². The fourth-order valence-electron chi connectivity index (χ4n) is 2.71. The SMILES string of the molecule is CC(C)(C)NC(=O)c1ccc(NCC(=O)N2CCN(S(C)(=O)=O)CC2)cc1. The number of anilines is 1. The number of carbonyl (C=O) groups is 2. The van der Waals surface area contributed by atoms with Crippen LogP contribution in [0.25, 0.3) is 0 Å². The van der Waals surface area contributed by atoms with E-state index in [1.807, 2.05) is 20.8 Å². The van der Waals surface area contributed by atoms with Crippen molar-refractivity contribution in [2.75, 3.05) is 44.3 Å². The molecule has 0 aromatic heterocycles. The van der Waals surface area contributed by atoms with Gasteiger partial charge in [-0.25, -0.2) is 8.42 Å². The highest BCUT2D eigenvalue weighted by atomic mass is 32.2. The highest BCUT2D eigenvalue weighted by Crippen LogP contribution is 2.12. The van der Waals surface area contributed by atoms with Crippen LogP contribution in [0.5, 0.6) is 0 Å². The summed E-state index contributed by atoms with van der Waals surface area (Å²) in [5.41, 5.74) is 0.991. The number of piperazine rings is 1. The van der Waals surface area contributed by atoms with Gasteiger partial charge in [0.15, 0.2) is 0 Å². The minimum absolute atomic E-state index is 0.0855. The fourth-order valence-corrected chi connectivity index (χ4v) is 3.54. The smallest absolute Gasteiger partial charge is 0.251 e. The maximum absolute atomic E-state index is 12.3. The zero-order valence-electron chi connectivity index (χ0n) is 16.3. The molecular formula is C18H28N4O4S. The standard InChI is InChI=1S/C18H28N4O4S/c1-18(2,3)20-17(24)14-5-7-15(8-6-14)19-13-16(23)21-9-11-22(12-10-21)27(4,25)26/h5-8,19H,9-13H2,1-4H3,(H,20,24). The largest absolute Gasteiger partial charge is 0.376 e. The lowest BCUT2D eigenvalue weighted by Crippen LogP contribution is -2.51. The second-order valence-corrected chi connectivity index (χ2v) is 9.66. The van der Waals surface area contributed by atoms with E-state index in [0.717, 1.165) is 5.69 Å². The van der Waals surface area contributed by atoms with Crippen LogP contribution in [0.15, 0.2) is 24.3 Å². The normalized spacial score (nSPS) is 16.1. The molecule has 150 valence electrons. The number of amides is 2. The van der Waals surface area contributed by atoms with Gasteiger partial charge in [0.05, 0.1) is 12.8 Å². The number of hydrogen-bond acceptors (Lipinski definition) is 5.